The van der Waals surface area contributed by atoms with Crippen LogP contribution in [0, 0.1) is 0 Å². The van der Waals surface area contributed by atoms with E-state index in [4.69, 9.17) is 10.5 Å². The van der Waals surface area contributed by atoms with Crippen LogP contribution < -0.4 is 16.4 Å². The fourth-order valence-corrected chi connectivity index (χ4v) is 2.24. The number of ether oxygens (including phenoxy) is 1. The van der Waals surface area contributed by atoms with E-state index in [1.54, 1.807) is 12.1 Å². The number of hydrogen-bond donors (Lipinski definition) is 3. The molecule has 6 nitrogen and oxygen atoms in total. The second kappa shape index (κ2) is 9.40. The van der Waals surface area contributed by atoms with Gasteiger partial charge in [0.15, 0.2) is 0 Å². The molecule has 2 amide bonds. The fraction of sp³-hybridized carbons (Fsp3) is 0.467. The van der Waals surface area contributed by atoms with Crippen molar-refractivity contribution in [3.8, 4) is 0 Å². The molecule has 1 aliphatic heterocycles. The van der Waals surface area contributed by atoms with Gasteiger partial charge in [-0.3, -0.25) is 9.59 Å². The molecule has 0 saturated carbocycles. The minimum absolute atomic E-state index is 0. The van der Waals surface area contributed by atoms with Gasteiger partial charge in [0.2, 0.25) is 5.91 Å². The van der Waals surface area contributed by atoms with E-state index in [1.165, 1.54) is 0 Å². The maximum absolute atomic E-state index is 11.8. The summed E-state index contributed by atoms with van der Waals surface area (Å²) in [6.45, 7) is 1.20. The summed E-state index contributed by atoms with van der Waals surface area (Å²) in [5.41, 5.74) is 6.11. The Bertz CT molecular complexity index is 484. The van der Waals surface area contributed by atoms with Crippen LogP contribution >= 0.6 is 12.4 Å². The second-order valence-electron chi connectivity index (χ2n) is 4.97. The minimum atomic E-state index is -0.414. The van der Waals surface area contributed by atoms with E-state index >= 15 is 0 Å². The Morgan fingerprint density at radius 3 is 2.45 bits per heavy atom. The Balaban J connectivity index is 0.00000242. The first-order valence-electron chi connectivity index (χ1n) is 7.17. The predicted octanol–water partition coefficient (Wildman–Crippen LogP) is 0.461. The highest BCUT2D eigenvalue weighted by molar-refractivity contribution is 5.94. The van der Waals surface area contributed by atoms with Crippen LogP contribution in [-0.2, 0) is 9.53 Å². The van der Waals surface area contributed by atoms with Crippen LogP contribution in [0.3, 0.4) is 0 Å². The van der Waals surface area contributed by atoms with Gasteiger partial charge >= 0.3 is 0 Å². The lowest BCUT2D eigenvalue weighted by Crippen LogP contribution is -2.40. The fourth-order valence-electron chi connectivity index (χ4n) is 2.24. The first kappa shape index (κ1) is 18.4. The Labute approximate surface area is 136 Å². The standard InChI is InChI=1S/C15H21N3O3.ClH/c16-10-12-6-7-13(21-12)15(20)18-9-8-17-14(19)11-4-2-1-3-5-11;/h1-5,12-13H,6-10,16H2,(H,17,19)(H,18,20);1H/t12-,13+;/m1./s1. The number of nitrogens with one attached hydrogen (secondary N) is 2. The molecule has 0 unspecified atom stereocenters. The van der Waals surface area contributed by atoms with Gasteiger partial charge in [-0.2, -0.15) is 0 Å². The number of benzene rings is 1. The minimum Gasteiger partial charge on any atom is -0.364 e. The van der Waals surface area contributed by atoms with Crippen molar-refractivity contribution in [1.29, 1.82) is 0 Å². The molecule has 0 aromatic heterocycles. The summed E-state index contributed by atoms with van der Waals surface area (Å²) in [4.78, 5) is 23.6. The van der Waals surface area contributed by atoms with Crippen molar-refractivity contribution >= 4 is 24.2 Å². The molecule has 1 heterocycles. The smallest absolute Gasteiger partial charge is 0.251 e. The topological polar surface area (TPSA) is 93.5 Å². The summed E-state index contributed by atoms with van der Waals surface area (Å²) >= 11 is 0. The molecule has 0 spiro atoms. The molecular formula is C15H22ClN3O3. The van der Waals surface area contributed by atoms with Gasteiger partial charge in [0.1, 0.15) is 6.10 Å². The van der Waals surface area contributed by atoms with E-state index in [0.717, 1.165) is 6.42 Å². The molecule has 2 atom stereocenters. The molecule has 2 rings (SSSR count). The lowest BCUT2D eigenvalue weighted by Gasteiger charge is -2.13. The summed E-state index contributed by atoms with van der Waals surface area (Å²) in [5, 5.41) is 5.51. The summed E-state index contributed by atoms with van der Waals surface area (Å²) in [6.07, 6.45) is 1.09. The van der Waals surface area contributed by atoms with Crippen molar-refractivity contribution < 1.29 is 14.3 Å². The van der Waals surface area contributed by atoms with E-state index < -0.39 is 6.10 Å². The largest absolute Gasteiger partial charge is 0.364 e. The van der Waals surface area contributed by atoms with Crippen LogP contribution in [0.4, 0.5) is 0 Å². The molecule has 1 aliphatic rings. The zero-order chi connectivity index (χ0) is 15.1. The molecular weight excluding hydrogens is 306 g/mol. The van der Waals surface area contributed by atoms with Gasteiger partial charge in [0, 0.05) is 25.2 Å². The van der Waals surface area contributed by atoms with Gasteiger partial charge in [0.25, 0.3) is 5.91 Å². The normalized spacial score (nSPS) is 20.0. The number of halogens is 1. The van der Waals surface area contributed by atoms with Gasteiger partial charge in [-0.1, -0.05) is 18.2 Å². The van der Waals surface area contributed by atoms with Crippen LogP contribution in [-0.4, -0.2) is 43.7 Å². The van der Waals surface area contributed by atoms with E-state index in [-0.39, 0.29) is 30.3 Å². The van der Waals surface area contributed by atoms with Crippen LogP contribution in [0.15, 0.2) is 30.3 Å². The average Bonchev–Trinajstić information content (AvgIpc) is 3.01. The number of rotatable bonds is 6. The maximum Gasteiger partial charge on any atom is 0.251 e. The molecule has 1 aromatic carbocycles. The number of nitrogens with two attached hydrogens (primary N) is 1. The molecule has 0 radical (unpaired) electrons. The molecule has 0 aliphatic carbocycles. The van der Waals surface area contributed by atoms with Crippen molar-refractivity contribution in [1.82, 2.24) is 10.6 Å². The maximum atomic E-state index is 11.8. The Morgan fingerprint density at radius 1 is 1.14 bits per heavy atom. The highest BCUT2D eigenvalue weighted by Gasteiger charge is 2.29. The number of hydrogen-bond acceptors (Lipinski definition) is 4. The second-order valence-corrected chi connectivity index (χ2v) is 4.97. The van der Waals surface area contributed by atoms with Crippen LogP contribution in [0.25, 0.3) is 0 Å². The number of carbonyl (C=O) groups is 2. The number of amides is 2. The Hall–Kier alpha value is -1.63. The summed E-state index contributed by atoms with van der Waals surface area (Å²) in [6, 6.07) is 8.96. The van der Waals surface area contributed by atoms with Crippen molar-refractivity contribution in [3.63, 3.8) is 0 Å². The van der Waals surface area contributed by atoms with E-state index in [0.29, 0.717) is 31.6 Å². The van der Waals surface area contributed by atoms with Crippen molar-refractivity contribution in [3.05, 3.63) is 35.9 Å². The Morgan fingerprint density at radius 2 is 1.82 bits per heavy atom. The van der Waals surface area contributed by atoms with Crippen LogP contribution in [0.5, 0.6) is 0 Å². The monoisotopic (exact) mass is 327 g/mol. The van der Waals surface area contributed by atoms with Crippen molar-refractivity contribution in [2.45, 2.75) is 25.0 Å². The van der Waals surface area contributed by atoms with Crippen molar-refractivity contribution in [2.75, 3.05) is 19.6 Å². The zero-order valence-electron chi connectivity index (χ0n) is 12.3. The van der Waals surface area contributed by atoms with Crippen LogP contribution in [0.1, 0.15) is 23.2 Å². The molecule has 7 heteroatoms. The average molecular weight is 328 g/mol. The molecule has 22 heavy (non-hydrogen) atoms. The third-order valence-electron chi connectivity index (χ3n) is 3.41. The molecule has 1 fully saturated rings. The van der Waals surface area contributed by atoms with Gasteiger partial charge < -0.3 is 21.1 Å². The van der Waals surface area contributed by atoms with Gasteiger partial charge in [-0.25, -0.2) is 0 Å². The predicted molar refractivity (Wildman–Crippen MR) is 86.0 cm³/mol. The number of carbonyl (C=O) groups excluding carboxylic acids is 2. The van der Waals surface area contributed by atoms with E-state index in [9.17, 15) is 9.59 Å². The zero-order valence-corrected chi connectivity index (χ0v) is 13.1. The third kappa shape index (κ3) is 5.29. The van der Waals surface area contributed by atoms with Gasteiger partial charge in [-0.15, -0.1) is 12.4 Å². The molecule has 4 N–H and O–H groups in total. The van der Waals surface area contributed by atoms with E-state index in [1.807, 2.05) is 18.2 Å². The highest BCUT2D eigenvalue weighted by atomic mass is 35.5. The molecule has 1 saturated heterocycles. The van der Waals surface area contributed by atoms with Gasteiger partial charge in [-0.05, 0) is 25.0 Å². The molecule has 0 bridgehead atoms. The summed E-state index contributed by atoms with van der Waals surface area (Å²) in [5.74, 6) is -0.287. The molecule has 122 valence electrons. The lowest BCUT2D eigenvalue weighted by molar-refractivity contribution is -0.131. The summed E-state index contributed by atoms with van der Waals surface area (Å²) < 4.78 is 5.50. The molecule has 1 aromatic rings. The quantitative estimate of drug-likeness (QED) is 0.662. The Kier molecular flexibility index (Phi) is 7.87. The van der Waals surface area contributed by atoms with Gasteiger partial charge in [0.05, 0.1) is 6.10 Å². The lowest BCUT2D eigenvalue weighted by atomic mass is 10.2. The van der Waals surface area contributed by atoms with Crippen LogP contribution in [0.2, 0.25) is 0 Å². The van der Waals surface area contributed by atoms with E-state index in [2.05, 4.69) is 10.6 Å². The third-order valence-corrected chi connectivity index (χ3v) is 3.41. The SMILES string of the molecule is Cl.NC[C@H]1CC[C@@H](C(=O)NCCNC(=O)c2ccccc2)O1. The first-order valence-corrected chi connectivity index (χ1v) is 7.17. The van der Waals surface area contributed by atoms with Crippen molar-refractivity contribution in [2.24, 2.45) is 5.73 Å². The summed E-state index contributed by atoms with van der Waals surface area (Å²) in [7, 11) is 0. The highest BCUT2D eigenvalue weighted by Crippen LogP contribution is 2.18. The first-order chi connectivity index (χ1) is 10.2.